The molecule has 0 aliphatic rings. The van der Waals surface area contributed by atoms with Crippen molar-refractivity contribution in [3.8, 4) is 0 Å². The first kappa shape index (κ1) is 20.7. The number of nitro groups is 2. The maximum absolute atomic E-state index is 12.9. The van der Waals surface area contributed by atoms with Gasteiger partial charge in [0.1, 0.15) is 5.82 Å². The number of non-ortho nitro benzene ring substituents is 1. The highest BCUT2D eigenvalue weighted by atomic mass is 16.6. The molecule has 3 aromatic carbocycles. The normalized spacial score (nSPS) is 10.8. The van der Waals surface area contributed by atoms with Gasteiger partial charge in [0.2, 0.25) is 0 Å². The summed E-state index contributed by atoms with van der Waals surface area (Å²) >= 11 is 0. The summed E-state index contributed by atoms with van der Waals surface area (Å²) in [5.74, 6) is -0.342. The molecular weight excluding hydrogens is 414 g/mol. The van der Waals surface area contributed by atoms with Crippen LogP contribution in [0.3, 0.4) is 0 Å². The second-order valence-electron chi connectivity index (χ2n) is 7.12. The van der Waals surface area contributed by atoms with E-state index in [9.17, 15) is 25.0 Å². The minimum Gasteiger partial charge on any atom is -0.307 e. The fourth-order valence-corrected chi connectivity index (χ4v) is 3.56. The van der Waals surface area contributed by atoms with Crippen molar-refractivity contribution in [2.45, 2.75) is 13.5 Å². The number of carbonyl (C=O) groups excluding carboxylic acids is 1. The Bertz CT molecular complexity index is 1370. The zero-order valence-electron chi connectivity index (χ0n) is 16.9. The maximum Gasteiger partial charge on any atom is 0.279 e. The molecule has 1 heterocycles. The molecule has 0 saturated carbocycles. The molecule has 0 bridgehead atoms. The smallest absolute Gasteiger partial charge is 0.279 e. The van der Waals surface area contributed by atoms with Crippen LogP contribution in [0.2, 0.25) is 0 Å². The number of fused-ring (bicyclic) bond motifs is 1. The van der Waals surface area contributed by atoms with Gasteiger partial charge in [-0.3, -0.25) is 25.0 Å². The van der Waals surface area contributed by atoms with E-state index in [1.807, 2.05) is 42.5 Å². The minimum atomic E-state index is -0.770. The molecular formula is C22H17N5O5. The lowest BCUT2D eigenvalue weighted by Crippen LogP contribution is -2.18. The lowest BCUT2D eigenvalue weighted by atomic mass is 10.0. The van der Waals surface area contributed by atoms with Gasteiger partial charge in [-0.05, 0) is 23.3 Å². The summed E-state index contributed by atoms with van der Waals surface area (Å²) in [6.07, 6.45) is 1.52. The van der Waals surface area contributed by atoms with Crippen LogP contribution in [0, 0.1) is 27.2 Å². The van der Waals surface area contributed by atoms with Crippen LogP contribution < -0.4 is 5.32 Å². The first-order valence-electron chi connectivity index (χ1n) is 9.58. The van der Waals surface area contributed by atoms with Crippen molar-refractivity contribution in [1.82, 2.24) is 9.78 Å². The van der Waals surface area contributed by atoms with Crippen molar-refractivity contribution in [1.29, 1.82) is 0 Å². The van der Waals surface area contributed by atoms with E-state index in [1.54, 1.807) is 10.7 Å². The van der Waals surface area contributed by atoms with Crippen molar-refractivity contribution in [2.24, 2.45) is 0 Å². The van der Waals surface area contributed by atoms with Crippen LogP contribution in [0.25, 0.3) is 10.8 Å². The molecule has 160 valence electrons. The van der Waals surface area contributed by atoms with Gasteiger partial charge in [-0.2, -0.15) is 5.10 Å². The van der Waals surface area contributed by atoms with Crippen molar-refractivity contribution in [3.63, 3.8) is 0 Å². The Labute approximate surface area is 181 Å². The van der Waals surface area contributed by atoms with E-state index in [1.165, 1.54) is 13.1 Å². The molecule has 1 amide bonds. The van der Waals surface area contributed by atoms with Crippen LogP contribution in [0.4, 0.5) is 17.2 Å². The van der Waals surface area contributed by atoms with Gasteiger partial charge < -0.3 is 5.32 Å². The van der Waals surface area contributed by atoms with Crippen LogP contribution in [-0.2, 0) is 6.54 Å². The number of amides is 1. The van der Waals surface area contributed by atoms with E-state index < -0.39 is 27.1 Å². The van der Waals surface area contributed by atoms with Crippen molar-refractivity contribution in [3.05, 3.63) is 104 Å². The van der Waals surface area contributed by atoms with Gasteiger partial charge in [0.05, 0.1) is 34.2 Å². The van der Waals surface area contributed by atoms with Gasteiger partial charge in [-0.15, -0.1) is 0 Å². The third kappa shape index (κ3) is 3.88. The van der Waals surface area contributed by atoms with E-state index >= 15 is 0 Å². The molecule has 4 aromatic rings. The Hall–Kier alpha value is -4.60. The predicted molar refractivity (Wildman–Crippen MR) is 118 cm³/mol. The monoisotopic (exact) mass is 431 g/mol. The summed E-state index contributed by atoms with van der Waals surface area (Å²) in [5.41, 5.74) is -0.142. The number of nitro benzene ring substituents is 2. The topological polar surface area (TPSA) is 133 Å². The summed E-state index contributed by atoms with van der Waals surface area (Å²) in [6, 6.07) is 17.3. The Morgan fingerprint density at radius 1 is 1.03 bits per heavy atom. The standard InChI is InChI=1S/C22H17N5O5/c1-14-19(11-17(26(29)30)12-20(14)27(31)32)22(28)24-21-9-10-23-25(21)13-16-7-4-6-15-5-2-3-8-18(15)16/h2-12H,13H2,1H3,(H,24,28). The third-order valence-electron chi connectivity index (χ3n) is 5.18. The lowest BCUT2D eigenvalue weighted by molar-refractivity contribution is -0.394. The Morgan fingerprint density at radius 2 is 1.78 bits per heavy atom. The van der Waals surface area contributed by atoms with E-state index in [2.05, 4.69) is 10.4 Å². The van der Waals surface area contributed by atoms with Crippen LogP contribution in [0.5, 0.6) is 0 Å². The van der Waals surface area contributed by atoms with Gasteiger partial charge in [-0.1, -0.05) is 42.5 Å². The van der Waals surface area contributed by atoms with Crippen molar-refractivity contribution < 1.29 is 14.6 Å². The van der Waals surface area contributed by atoms with Crippen LogP contribution in [-0.4, -0.2) is 25.5 Å². The van der Waals surface area contributed by atoms with Gasteiger partial charge in [-0.25, -0.2) is 4.68 Å². The summed E-state index contributed by atoms with van der Waals surface area (Å²) in [7, 11) is 0. The van der Waals surface area contributed by atoms with Crippen molar-refractivity contribution in [2.75, 3.05) is 5.32 Å². The zero-order valence-corrected chi connectivity index (χ0v) is 16.9. The fourth-order valence-electron chi connectivity index (χ4n) is 3.56. The SMILES string of the molecule is Cc1c(C(=O)Nc2ccnn2Cc2cccc3ccccc23)cc([N+](=O)[O-])cc1[N+](=O)[O-]. The number of benzene rings is 3. The molecule has 0 atom stereocenters. The Morgan fingerprint density at radius 3 is 2.53 bits per heavy atom. The van der Waals surface area contributed by atoms with Gasteiger partial charge in [0.25, 0.3) is 17.3 Å². The van der Waals surface area contributed by atoms with E-state index in [0.717, 1.165) is 28.5 Å². The number of rotatable bonds is 6. The molecule has 0 aliphatic heterocycles. The quantitative estimate of drug-likeness (QED) is 0.354. The molecule has 10 nitrogen and oxygen atoms in total. The van der Waals surface area contributed by atoms with Crippen LogP contribution in [0.15, 0.2) is 66.9 Å². The molecule has 1 N–H and O–H groups in total. The molecule has 4 rings (SSSR count). The van der Waals surface area contributed by atoms with E-state index in [4.69, 9.17) is 0 Å². The van der Waals surface area contributed by atoms with Gasteiger partial charge >= 0.3 is 0 Å². The number of nitrogens with zero attached hydrogens (tertiary/aromatic N) is 4. The average molecular weight is 431 g/mol. The number of nitrogens with one attached hydrogen (secondary N) is 1. The van der Waals surface area contributed by atoms with Gasteiger partial charge in [0.15, 0.2) is 0 Å². The highest BCUT2D eigenvalue weighted by Gasteiger charge is 2.25. The molecule has 0 unspecified atom stereocenters. The van der Waals surface area contributed by atoms with E-state index in [0.29, 0.717) is 12.4 Å². The molecule has 0 spiro atoms. The molecule has 0 fully saturated rings. The lowest BCUT2D eigenvalue weighted by Gasteiger charge is -2.12. The Balaban J connectivity index is 1.66. The number of aromatic nitrogens is 2. The molecule has 0 radical (unpaired) electrons. The highest BCUT2D eigenvalue weighted by molar-refractivity contribution is 6.06. The molecule has 10 heteroatoms. The van der Waals surface area contributed by atoms with Crippen LogP contribution in [0.1, 0.15) is 21.5 Å². The minimum absolute atomic E-state index is 0.0400. The summed E-state index contributed by atoms with van der Waals surface area (Å²) < 4.78 is 1.58. The number of hydrogen-bond donors (Lipinski definition) is 1. The Kier molecular flexibility index (Phi) is 5.34. The van der Waals surface area contributed by atoms with E-state index in [-0.39, 0.29) is 11.1 Å². The number of anilines is 1. The average Bonchev–Trinajstić information content (AvgIpc) is 3.20. The number of hydrogen-bond acceptors (Lipinski definition) is 6. The van der Waals surface area contributed by atoms with Crippen molar-refractivity contribution >= 4 is 33.9 Å². The maximum atomic E-state index is 12.9. The first-order valence-corrected chi connectivity index (χ1v) is 9.58. The molecule has 0 saturated heterocycles. The molecule has 0 aliphatic carbocycles. The van der Waals surface area contributed by atoms with Gasteiger partial charge in [0, 0.05) is 17.7 Å². The summed E-state index contributed by atoms with van der Waals surface area (Å²) in [6.45, 7) is 1.75. The second-order valence-corrected chi connectivity index (χ2v) is 7.12. The summed E-state index contributed by atoms with van der Waals surface area (Å²) in [4.78, 5) is 33.9. The number of carbonyl (C=O) groups is 1. The zero-order chi connectivity index (χ0) is 22.8. The first-order chi connectivity index (χ1) is 15.3. The predicted octanol–water partition coefficient (Wildman–Crippen LogP) is 4.46. The second kappa shape index (κ2) is 8.26. The fraction of sp³-hybridized carbons (Fsp3) is 0.0909. The molecule has 1 aromatic heterocycles. The molecule has 32 heavy (non-hydrogen) atoms. The summed E-state index contributed by atoms with van der Waals surface area (Å²) in [5, 5.41) is 31.5. The largest absolute Gasteiger partial charge is 0.307 e. The van der Waals surface area contributed by atoms with Crippen LogP contribution >= 0.6 is 0 Å². The third-order valence-corrected chi connectivity index (χ3v) is 5.18. The highest BCUT2D eigenvalue weighted by Crippen LogP contribution is 2.29.